The SMILES string of the molecule is Cc1c(C)n(-c2ccccc2)c2nc(C)n(-c3ccccc3Cl)c(=N)c12. The molecule has 2 heterocycles. The van der Waals surface area contributed by atoms with Gasteiger partial charge in [0, 0.05) is 11.4 Å². The summed E-state index contributed by atoms with van der Waals surface area (Å²) in [5, 5.41) is 10.3. The first-order valence-corrected chi connectivity index (χ1v) is 8.84. The predicted octanol–water partition coefficient (Wildman–Crippen LogP) is 4.87. The van der Waals surface area contributed by atoms with Crippen LogP contribution in [0, 0.1) is 26.2 Å². The second-order valence-electron chi connectivity index (χ2n) is 6.37. The van der Waals surface area contributed by atoms with Crippen LogP contribution in [-0.4, -0.2) is 14.1 Å². The molecule has 2 aromatic carbocycles. The van der Waals surface area contributed by atoms with Gasteiger partial charge in [0.25, 0.3) is 0 Å². The molecule has 4 rings (SSSR count). The fourth-order valence-electron chi connectivity index (χ4n) is 3.47. The van der Waals surface area contributed by atoms with E-state index in [1.165, 1.54) is 0 Å². The van der Waals surface area contributed by atoms with Crippen LogP contribution in [-0.2, 0) is 0 Å². The van der Waals surface area contributed by atoms with E-state index in [2.05, 4.69) is 23.6 Å². The molecule has 0 aliphatic heterocycles. The fourth-order valence-corrected chi connectivity index (χ4v) is 3.69. The van der Waals surface area contributed by atoms with Crippen molar-refractivity contribution in [2.45, 2.75) is 20.8 Å². The van der Waals surface area contributed by atoms with Gasteiger partial charge in [0.15, 0.2) is 5.65 Å². The van der Waals surface area contributed by atoms with Crippen LogP contribution in [0.15, 0.2) is 54.6 Å². The molecular formula is C21H19ClN4. The van der Waals surface area contributed by atoms with Gasteiger partial charge < -0.3 is 0 Å². The Morgan fingerprint density at radius 3 is 2.23 bits per heavy atom. The van der Waals surface area contributed by atoms with Gasteiger partial charge in [-0.25, -0.2) is 4.98 Å². The molecule has 0 radical (unpaired) electrons. The lowest BCUT2D eigenvalue weighted by Crippen LogP contribution is -2.23. The van der Waals surface area contributed by atoms with Crippen molar-refractivity contribution in [3.63, 3.8) is 0 Å². The molecule has 0 aliphatic rings. The van der Waals surface area contributed by atoms with Gasteiger partial charge in [-0.1, -0.05) is 41.9 Å². The van der Waals surface area contributed by atoms with Crippen LogP contribution in [0.3, 0.4) is 0 Å². The lowest BCUT2D eigenvalue weighted by molar-refractivity contribution is 0.849. The fraction of sp³-hybridized carbons (Fsp3) is 0.143. The highest BCUT2D eigenvalue weighted by molar-refractivity contribution is 6.32. The normalized spacial score (nSPS) is 11.2. The Morgan fingerprint density at radius 2 is 1.54 bits per heavy atom. The first-order valence-electron chi connectivity index (χ1n) is 8.47. The third-order valence-electron chi connectivity index (χ3n) is 4.85. The van der Waals surface area contributed by atoms with Crippen molar-refractivity contribution in [3.05, 3.63) is 82.2 Å². The third-order valence-corrected chi connectivity index (χ3v) is 5.17. The average molecular weight is 363 g/mol. The molecular weight excluding hydrogens is 344 g/mol. The number of hydrogen-bond acceptors (Lipinski definition) is 2. The number of aryl methyl sites for hydroxylation is 2. The summed E-state index contributed by atoms with van der Waals surface area (Å²) in [6, 6.07) is 17.7. The molecule has 130 valence electrons. The second kappa shape index (κ2) is 6.15. The highest BCUT2D eigenvalue weighted by Crippen LogP contribution is 2.27. The number of para-hydroxylation sites is 2. The molecule has 4 aromatic rings. The minimum Gasteiger partial charge on any atom is -0.298 e. The van der Waals surface area contributed by atoms with Crippen molar-refractivity contribution in [2.75, 3.05) is 0 Å². The Balaban J connectivity index is 2.12. The quantitative estimate of drug-likeness (QED) is 0.543. The van der Waals surface area contributed by atoms with Crippen LogP contribution >= 0.6 is 11.6 Å². The Morgan fingerprint density at radius 1 is 0.885 bits per heavy atom. The molecule has 0 aliphatic carbocycles. The molecule has 0 saturated carbocycles. The van der Waals surface area contributed by atoms with Crippen LogP contribution in [0.25, 0.3) is 22.4 Å². The van der Waals surface area contributed by atoms with E-state index < -0.39 is 0 Å². The molecule has 0 fully saturated rings. The molecule has 0 saturated heterocycles. The van der Waals surface area contributed by atoms with Crippen molar-refractivity contribution >= 4 is 22.6 Å². The van der Waals surface area contributed by atoms with E-state index in [1.807, 2.05) is 60.9 Å². The number of nitrogens with one attached hydrogen (secondary N) is 1. The minimum absolute atomic E-state index is 0.399. The van der Waals surface area contributed by atoms with Gasteiger partial charge in [0.1, 0.15) is 11.3 Å². The van der Waals surface area contributed by atoms with E-state index >= 15 is 0 Å². The third kappa shape index (κ3) is 2.37. The zero-order chi connectivity index (χ0) is 18.4. The summed E-state index contributed by atoms with van der Waals surface area (Å²) < 4.78 is 3.93. The summed E-state index contributed by atoms with van der Waals surface area (Å²) in [7, 11) is 0. The standard InChI is InChI=1S/C21H19ClN4/c1-13-14(2)25(16-9-5-4-6-10-16)21-19(13)20(23)26(15(3)24-21)18-12-8-7-11-17(18)22/h4-12,23H,1-3H3. The molecule has 0 spiro atoms. The summed E-state index contributed by atoms with van der Waals surface area (Å²) in [5.41, 5.74) is 5.17. The van der Waals surface area contributed by atoms with Gasteiger partial charge in [0.2, 0.25) is 0 Å². The maximum Gasteiger partial charge on any atom is 0.150 e. The van der Waals surface area contributed by atoms with E-state index in [9.17, 15) is 0 Å². The number of aromatic nitrogens is 3. The smallest absolute Gasteiger partial charge is 0.150 e. The summed E-state index contributed by atoms with van der Waals surface area (Å²) in [5.74, 6) is 0.727. The molecule has 5 heteroatoms. The summed E-state index contributed by atoms with van der Waals surface area (Å²) in [6.07, 6.45) is 0. The molecule has 0 atom stereocenters. The number of nitrogens with zero attached hydrogens (tertiary/aromatic N) is 3. The summed E-state index contributed by atoms with van der Waals surface area (Å²) in [6.45, 7) is 6.02. The van der Waals surface area contributed by atoms with Crippen LogP contribution in [0.2, 0.25) is 5.02 Å². The van der Waals surface area contributed by atoms with Gasteiger partial charge >= 0.3 is 0 Å². The molecule has 0 unspecified atom stereocenters. The van der Waals surface area contributed by atoms with E-state index in [0.717, 1.165) is 39.5 Å². The molecule has 0 amide bonds. The van der Waals surface area contributed by atoms with E-state index in [4.69, 9.17) is 22.0 Å². The van der Waals surface area contributed by atoms with Gasteiger partial charge in [0.05, 0.1) is 16.1 Å². The number of rotatable bonds is 2. The van der Waals surface area contributed by atoms with Crippen LogP contribution < -0.4 is 5.49 Å². The average Bonchev–Trinajstić information content (AvgIpc) is 2.88. The number of hydrogen-bond donors (Lipinski definition) is 1. The highest BCUT2D eigenvalue weighted by Gasteiger charge is 2.19. The first-order chi connectivity index (χ1) is 12.5. The second-order valence-corrected chi connectivity index (χ2v) is 6.78. The lowest BCUT2D eigenvalue weighted by atomic mass is 10.2. The lowest BCUT2D eigenvalue weighted by Gasteiger charge is -2.14. The summed E-state index contributed by atoms with van der Waals surface area (Å²) in [4.78, 5) is 4.86. The summed E-state index contributed by atoms with van der Waals surface area (Å²) >= 11 is 6.39. The zero-order valence-electron chi connectivity index (χ0n) is 14.9. The molecule has 1 N–H and O–H groups in total. The number of halogens is 1. The van der Waals surface area contributed by atoms with Crippen molar-refractivity contribution in [3.8, 4) is 11.4 Å². The van der Waals surface area contributed by atoms with Gasteiger partial charge in [-0.2, -0.15) is 0 Å². The van der Waals surface area contributed by atoms with Crippen molar-refractivity contribution in [1.29, 1.82) is 5.41 Å². The van der Waals surface area contributed by atoms with Crippen molar-refractivity contribution in [2.24, 2.45) is 0 Å². The van der Waals surface area contributed by atoms with E-state index in [-0.39, 0.29) is 0 Å². The molecule has 2 aromatic heterocycles. The van der Waals surface area contributed by atoms with Crippen LogP contribution in [0.5, 0.6) is 0 Å². The Bertz CT molecular complexity index is 1190. The van der Waals surface area contributed by atoms with Gasteiger partial charge in [-0.15, -0.1) is 0 Å². The number of benzene rings is 2. The number of fused-ring (bicyclic) bond motifs is 1. The van der Waals surface area contributed by atoms with Crippen molar-refractivity contribution in [1.82, 2.24) is 14.1 Å². The largest absolute Gasteiger partial charge is 0.298 e. The maximum atomic E-state index is 8.88. The van der Waals surface area contributed by atoms with Crippen LogP contribution in [0.1, 0.15) is 17.1 Å². The molecule has 26 heavy (non-hydrogen) atoms. The Labute approximate surface area is 156 Å². The highest BCUT2D eigenvalue weighted by atomic mass is 35.5. The predicted molar refractivity (Wildman–Crippen MR) is 105 cm³/mol. The molecule has 4 nitrogen and oxygen atoms in total. The maximum absolute atomic E-state index is 8.88. The first kappa shape index (κ1) is 16.6. The molecule has 0 bridgehead atoms. The van der Waals surface area contributed by atoms with E-state index in [1.54, 1.807) is 0 Å². The van der Waals surface area contributed by atoms with E-state index in [0.29, 0.717) is 10.5 Å². The van der Waals surface area contributed by atoms with Gasteiger partial charge in [-0.3, -0.25) is 14.5 Å². The van der Waals surface area contributed by atoms with Gasteiger partial charge in [-0.05, 0) is 50.6 Å². The minimum atomic E-state index is 0.399. The monoisotopic (exact) mass is 362 g/mol. The topological polar surface area (TPSA) is 46.6 Å². The zero-order valence-corrected chi connectivity index (χ0v) is 15.7. The van der Waals surface area contributed by atoms with Crippen LogP contribution in [0.4, 0.5) is 0 Å². The van der Waals surface area contributed by atoms with Crippen molar-refractivity contribution < 1.29 is 0 Å². The Kier molecular flexibility index (Phi) is 3.93. The Hall–Kier alpha value is -2.85.